The standard InChI is InChI=1S/C29H27FN4O3/c1-19-3-4-20(16-33-19)18-36-25-13-22(30)14-26(15-25)37-24-7-5-23(6-8-24)34-17-27(28(31)29(34)32-2)21-9-11-35-12-10-21/h3-8,13-17,21H,9-12,18,31H2,1H3. The Kier molecular flexibility index (Phi) is 7.06. The van der Waals surface area contributed by atoms with Crippen LogP contribution in [0.3, 0.4) is 0 Å². The highest BCUT2D eigenvalue weighted by atomic mass is 19.1. The number of ether oxygens (including phenoxy) is 3. The minimum absolute atomic E-state index is 0.268. The number of nitrogen functional groups attached to an aromatic ring is 1. The van der Waals surface area contributed by atoms with Crippen LogP contribution in [0, 0.1) is 19.3 Å². The third-order valence-electron chi connectivity index (χ3n) is 6.39. The van der Waals surface area contributed by atoms with Crippen LogP contribution in [0.1, 0.15) is 35.6 Å². The van der Waals surface area contributed by atoms with E-state index in [1.807, 2.05) is 42.0 Å². The van der Waals surface area contributed by atoms with E-state index in [0.717, 1.165) is 35.3 Å². The lowest BCUT2D eigenvalue weighted by molar-refractivity contribution is 0.0855. The van der Waals surface area contributed by atoms with E-state index in [1.54, 1.807) is 24.4 Å². The van der Waals surface area contributed by atoms with Gasteiger partial charge in [0.05, 0.1) is 11.9 Å². The fourth-order valence-corrected chi connectivity index (χ4v) is 4.41. The molecule has 0 bridgehead atoms. The Morgan fingerprint density at radius 1 is 1.08 bits per heavy atom. The normalized spacial score (nSPS) is 13.8. The average molecular weight is 499 g/mol. The SMILES string of the molecule is [C-]#[N+]c1c(N)c(C2CCOCC2)cn1-c1ccc(Oc2cc(F)cc(OCc3ccc(C)nc3)c2)cc1. The lowest BCUT2D eigenvalue weighted by Crippen LogP contribution is -2.14. The van der Waals surface area contributed by atoms with Crippen molar-refractivity contribution >= 4 is 11.5 Å². The van der Waals surface area contributed by atoms with Gasteiger partial charge in [-0.3, -0.25) is 9.55 Å². The Hall–Kier alpha value is -4.35. The summed E-state index contributed by atoms with van der Waals surface area (Å²) in [7, 11) is 0. The summed E-state index contributed by atoms with van der Waals surface area (Å²) >= 11 is 0. The zero-order valence-electron chi connectivity index (χ0n) is 20.5. The summed E-state index contributed by atoms with van der Waals surface area (Å²) in [5, 5.41) is 0. The van der Waals surface area contributed by atoms with Gasteiger partial charge in [0.15, 0.2) is 0 Å². The van der Waals surface area contributed by atoms with Crippen LogP contribution in [-0.4, -0.2) is 22.8 Å². The van der Waals surface area contributed by atoms with Crippen molar-refractivity contribution in [1.29, 1.82) is 0 Å². The van der Waals surface area contributed by atoms with Gasteiger partial charge >= 0.3 is 0 Å². The highest BCUT2D eigenvalue weighted by Gasteiger charge is 2.24. The molecule has 1 aliphatic rings. The zero-order chi connectivity index (χ0) is 25.8. The molecule has 5 rings (SSSR count). The monoisotopic (exact) mass is 498 g/mol. The molecule has 0 aliphatic carbocycles. The summed E-state index contributed by atoms with van der Waals surface area (Å²) in [5.74, 6) is 1.42. The van der Waals surface area contributed by atoms with E-state index >= 15 is 0 Å². The lowest BCUT2D eigenvalue weighted by atomic mass is 9.93. The van der Waals surface area contributed by atoms with Crippen molar-refractivity contribution in [2.75, 3.05) is 18.9 Å². The van der Waals surface area contributed by atoms with Crippen LogP contribution in [0.15, 0.2) is 67.0 Å². The number of aryl methyl sites for hydroxylation is 1. The van der Waals surface area contributed by atoms with Gasteiger partial charge in [-0.25, -0.2) is 4.39 Å². The lowest BCUT2D eigenvalue weighted by Gasteiger charge is -2.21. The first-order valence-corrected chi connectivity index (χ1v) is 12.1. The number of anilines is 1. The fourth-order valence-electron chi connectivity index (χ4n) is 4.41. The minimum atomic E-state index is -0.462. The number of pyridine rings is 1. The van der Waals surface area contributed by atoms with Gasteiger partial charge in [0.25, 0.3) is 5.82 Å². The molecule has 1 saturated heterocycles. The maximum Gasteiger partial charge on any atom is 0.258 e. The smallest absolute Gasteiger partial charge is 0.258 e. The molecule has 37 heavy (non-hydrogen) atoms. The molecular formula is C29H27FN4O3. The van der Waals surface area contributed by atoms with Gasteiger partial charge in [-0.1, -0.05) is 12.6 Å². The summed E-state index contributed by atoms with van der Waals surface area (Å²) < 4.78 is 33.2. The second-order valence-corrected chi connectivity index (χ2v) is 9.01. The van der Waals surface area contributed by atoms with Crippen LogP contribution in [0.5, 0.6) is 17.2 Å². The van der Waals surface area contributed by atoms with Crippen molar-refractivity contribution in [3.63, 3.8) is 0 Å². The number of rotatable bonds is 7. The van der Waals surface area contributed by atoms with E-state index in [4.69, 9.17) is 26.5 Å². The predicted octanol–water partition coefficient (Wildman–Crippen LogP) is 6.72. The number of hydrogen-bond donors (Lipinski definition) is 1. The second-order valence-electron chi connectivity index (χ2n) is 9.01. The van der Waals surface area contributed by atoms with Gasteiger partial charge in [0, 0.05) is 54.4 Å². The first-order valence-electron chi connectivity index (χ1n) is 12.1. The molecule has 188 valence electrons. The maximum absolute atomic E-state index is 14.2. The van der Waals surface area contributed by atoms with Crippen LogP contribution in [0.4, 0.5) is 15.9 Å². The van der Waals surface area contributed by atoms with Crippen LogP contribution in [0.2, 0.25) is 0 Å². The molecule has 1 fully saturated rings. The summed E-state index contributed by atoms with van der Waals surface area (Å²) in [5.41, 5.74) is 10.5. The minimum Gasteiger partial charge on any atom is -0.489 e. The van der Waals surface area contributed by atoms with Gasteiger partial charge in [-0.2, -0.15) is 0 Å². The van der Waals surface area contributed by atoms with E-state index in [1.165, 1.54) is 12.1 Å². The highest BCUT2D eigenvalue weighted by molar-refractivity contribution is 5.72. The molecule has 3 heterocycles. The van der Waals surface area contributed by atoms with E-state index < -0.39 is 5.82 Å². The Morgan fingerprint density at radius 2 is 1.84 bits per heavy atom. The third kappa shape index (κ3) is 5.57. The molecule has 2 aromatic heterocycles. The van der Waals surface area contributed by atoms with Crippen LogP contribution < -0.4 is 15.2 Å². The first kappa shape index (κ1) is 24.3. The van der Waals surface area contributed by atoms with E-state index in [0.29, 0.717) is 42.0 Å². The molecule has 4 aromatic rings. The van der Waals surface area contributed by atoms with Crippen LogP contribution >= 0.6 is 0 Å². The van der Waals surface area contributed by atoms with Crippen molar-refractivity contribution in [3.8, 4) is 22.9 Å². The van der Waals surface area contributed by atoms with E-state index in [2.05, 4.69) is 9.83 Å². The van der Waals surface area contributed by atoms with Crippen molar-refractivity contribution in [3.05, 3.63) is 101 Å². The quantitative estimate of drug-likeness (QED) is 0.286. The number of benzene rings is 2. The molecule has 0 radical (unpaired) electrons. The molecular weight excluding hydrogens is 471 g/mol. The number of halogens is 1. The topological polar surface area (TPSA) is 75.9 Å². The Morgan fingerprint density at radius 3 is 2.54 bits per heavy atom. The molecule has 7 nitrogen and oxygen atoms in total. The molecule has 0 saturated carbocycles. The van der Waals surface area contributed by atoms with Gasteiger partial charge in [-0.15, -0.1) is 0 Å². The van der Waals surface area contributed by atoms with Gasteiger partial charge < -0.3 is 24.8 Å². The number of nitrogens with zero attached hydrogens (tertiary/aromatic N) is 3. The summed E-state index contributed by atoms with van der Waals surface area (Å²) in [6.45, 7) is 11.2. The Balaban J connectivity index is 1.31. The molecule has 0 spiro atoms. The molecule has 2 aromatic carbocycles. The second kappa shape index (κ2) is 10.7. The fraction of sp³-hybridized carbons (Fsp3) is 0.241. The molecule has 2 N–H and O–H groups in total. The molecule has 0 unspecified atom stereocenters. The Labute approximate surface area is 215 Å². The third-order valence-corrected chi connectivity index (χ3v) is 6.39. The van der Waals surface area contributed by atoms with Crippen molar-refractivity contribution in [1.82, 2.24) is 9.55 Å². The summed E-state index contributed by atoms with van der Waals surface area (Å²) in [6.07, 6.45) is 5.46. The first-order chi connectivity index (χ1) is 18.0. The number of nitrogens with two attached hydrogens (primary N) is 1. The number of hydrogen-bond acceptors (Lipinski definition) is 5. The summed E-state index contributed by atoms with van der Waals surface area (Å²) in [6, 6.07) is 15.3. The average Bonchev–Trinajstić information content (AvgIpc) is 3.25. The largest absolute Gasteiger partial charge is 0.489 e. The maximum atomic E-state index is 14.2. The number of aromatic nitrogens is 2. The summed E-state index contributed by atoms with van der Waals surface area (Å²) in [4.78, 5) is 7.92. The van der Waals surface area contributed by atoms with Crippen LogP contribution in [-0.2, 0) is 11.3 Å². The van der Waals surface area contributed by atoms with Crippen molar-refractivity contribution < 1.29 is 18.6 Å². The van der Waals surface area contributed by atoms with Gasteiger partial charge in [0.1, 0.15) is 35.4 Å². The van der Waals surface area contributed by atoms with Crippen molar-refractivity contribution in [2.24, 2.45) is 0 Å². The van der Waals surface area contributed by atoms with E-state index in [9.17, 15) is 4.39 Å². The van der Waals surface area contributed by atoms with Crippen LogP contribution in [0.25, 0.3) is 10.5 Å². The predicted molar refractivity (Wildman–Crippen MR) is 139 cm³/mol. The molecule has 0 atom stereocenters. The van der Waals surface area contributed by atoms with E-state index in [-0.39, 0.29) is 12.5 Å². The van der Waals surface area contributed by atoms with Gasteiger partial charge in [0.2, 0.25) is 0 Å². The molecule has 1 aliphatic heterocycles. The van der Waals surface area contributed by atoms with Gasteiger partial charge in [-0.05, 0) is 56.0 Å². The Bertz CT molecular complexity index is 1420. The zero-order valence-corrected chi connectivity index (χ0v) is 20.5. The highest BCUT2D eigenvalue weighted by Crippen LogP contribution is 2.39. The molecule has 0 amide bonds. The molecule has 8 heteroatoms. The van der Waals surface area contributed by atoms with Crippen molar-refractivity contribution in [2.45, 2.75) is 32.3 Å².